The van der Waals surface area contributed by atoms with Gasteiger partial charge in [-0.05, 0) is 17.2 Å². The Kier molecular flexibility index (Phi) is 4.10. The van der Waals surface area contributed by atoms with Crippen LogP contribution < -0.4 is 11.3 Å². The van der Waals surface area contributed by atoms with E-state index in [9.17, 15) is 4.79 Å². The zero-order valence-corrected chi connectivity index (χ0v) is 10.1. The molecule has 0 unspecified atom stereocenters. The summed E-state index contributed by atoms with van der Waals surface area (Å²) in [6.07, 6.45) is 5.70. The predicted molar refractivity (Wildman–Crippen MR) is 75.1 cm³/mol. The van der Waals surface area contributed by atoms with Gasteiger partial charge >= 0.3 is 0 Å². The molecule has 0 aliphatic carbocycles. The number of pyridine rings is 1. The number of hydrogen-bond acceptors (Lipinski definition) is 2. The van der Waals surface area contributed by atoms with E-state index < -0.39 is 0 Å². The minimum atomic E-state index is -0.0179. The van der Waals surface area contributed by atoms with Gasteiger partial charge in [-0.25, -0.2) is 0 Å². The quantitative estimate of drug-likeness (QED) is 0.888. The van der Waals surface area contributed by atoms with Gasteiger partial charge in [-0.1, -0.05) is 42.5 Å². The predicted octanol–water partition coefficient (Wildman–Crippen LogP) is 1.98. The average Bonchev–Trinajstić information content (AvgIpc) is 2.41. The Morgan fingerprint density at radius 2 is 1.78 bits per heavy atom. The van der Waals surface area contributed by atoms with Crippen molar-refractivity contribution >= 4 is 12.2 Å². The van der Waals surface area contributed by atoms with Crippen molar-refractivity contribution in [1.82, 2.24) is 4.57 Å². The van der Waals surface area contributed by atoms with Gasteiger partial charge in [0.05, 0.1) is 0 Å². The van der Waals surface area contributed by atoms with Gasteiger partial charge in [0, 0.05) is 25.4 Å². The largest absolute Gasteiger partial charge is 0.329 e. The smallest absolute Gasteiger partial charge is 0.251 e. The Labute approximate surface area is 106 Å². The second-order valence-corrected chi connectivity index (χ2v) is 4.02. The molecule has 0 bridgehead atoms. The Balaban J connectivity index is 2.18. The molecule has 0 amide bonds. The molecule has 92 valence electrons. The third kappa shape index (κ3) is 3.18. The van der Waals surface area contributed by atoms with Crippen LogP contribution in [0.15, 0.2) is 53.5 Å². The fourth-order valence-electron chi connectivity index (χ4n) is 1.71. The van der Waals surface area contributed by atoms with E-state index >= 15 is 0 Å². The van der Waals surface area contributed by atoms with E-state index in [1.54, 1.807) is 16.8 Å². The third-order valence-corrected chi connectivity index (χ3v) is 2.66. The summed E-state index contributed by atoms with van der Waals surface area (Å²) in [7, 11) is 0. The van der Waals surface area contributed by atoms with Crippen LogP contribution >= 0.6 is 0 Å². The number of aromatic nitrogens is 1. The molecule has 2 N–H and O–H groups in total. The average molecular weight is 240 g/mol. The van der Waals surface area contributed by atoms with Gasteiger partial charge in [0.25, 0.3) is 5.56 Å². The number of hydrogen-bond donors (Lipinski definition) is 1. The summed E-state index contributed by atoms with van der Waals surface area (Å²) >= 11 is 0. The normalized spacial score (nSPS) is 10.9. The van der Waals surface area contributed by atoms with Gasteiger partial charge in [0.1, 0.15) is 0 Å². The van der Waals surface area contributed by atoms with Crippen LogP contribution in [0.25, 0.3) is 12.2 Å². The second kappa shape index (κ2) is 5.98. The SMILES string of the molecule is NCCn1ccc(/C=C/c2ccccc2)cc1=O. The van der Waals surface area contributed by atoms with Crippen LogP contribution in [-0.4, -0.2) is 11.1 Å². The van der Waals surface area contributed by atoms with Gasteiger partial charge in [-0.15, -0.1) is 0 Å². The summed E-state index contributed by atoms with van der Waals surface area (Å²) in [6.45, 7) is 1.03. The monoisotopic (exact) mass is 240 g/mol. The van der Waals surface area contributed by atoms with Gasteiger partial charge < -0.3 is 10.3 Å². The summed E-state index contributed by atoms with van der Waals surface area (Å²) in [6, 6.07) is 13.5. The molecule has 2 rings (SSSR count). The number of nitrogens with zero attached hydrogens (tertiary/aromatic N) is 1. The van der Waals surface area contributed by atoms with E-state index in [1.165, 1.54) is 0 Å². The lowest BCUT2D eigenvalue weighted by atomic mass is 10.1. The van der Waals surface area contributed by atoms with E-state index in [4.69, 9.17) is 5.73 Å². The van der Waals surface area contributed by atoms with Crippen LogP contribution in [0, 0.1) is 0 Å². The van der Waals surface area contributed by atoms with Crippen molar-refractivity contribution in [3.8, 4) is 0 Å². The number of rotatable bonds is 4. The van der Waals surface area contributed by atoms with Crippen molar-refractivity contribution in [2.75, 3.05) is 6.54 Å². The molecule has 0 aliphatic heterocycles. The molecule has 1 aromatic carbocycles. The highest BCUT2D eigenvalue weighted by Crippen LogP contribution is 2.05. The first-order valence-corrected chi connectivity index (χ1v) is 5.93. The first kappa shape index (κ1) is 12.3. The van der Waals surface area contributed by atoms with E-state index in [1.807, 2.05) is 48.6 Å². The molecule has 0 aliphatic rings. The summed E-state index contributed by atoms with van der Waals surface area (Å²) in [5.74, 6) is 0. The van der Waals surface area contributed by atoms with Crippen molar-refractivity contribution in [3.05, 3.63) is 70.1 Å². The molecule has 0 fully saturated rings. The highest BCUT2D eigenvalue weighted by atomic mass is 16.1. The second-order valence-electron chi connectivity index (χ2n) is 4.02. The van der Waals surface area contributed by atoms with Gasteiger partial charge in [-0.2, -0.15) is 0 Å². The lowest BCUT2D eigenvalue weighted by Crippen LogP contribution is -2.22. The van der Waals surface area contributed by atoms with Crippen LogP contribution in [-0.2, 0) is 6.54 Å². The van der Waals surface area contributed by atoms with E-state index in [0.29, 0.717) is 13.1 Å². The van der Waals surface area contributed by atoms with Crippen LogP contribution in [0.4, 0.5) is 0 Å². The molecule has 3 nitrogen and oxygen atoms in total. The molecule has 1 heterocycles. The highest BCUT2D eigenvalue weighted by Gasteiger charge is 1.95. The van der Waals surface area contributed by atoms with Crippen molar-refractivity contribution in [2.24, 2.45) is 5.73 Å². The molecule has 3 heteroatoms. The Bertz CT molecular complexity index is 585. The lowest BCUT2D eigenvalue weighted by molar-refractivity contribution is 0.680. The minimum Gasteiger partial charge on any atom is -0.329 e. The maximum atomic E-state index is 11.7. The fraction of sp³-hybridized carbons (Fsp3) is 0.133. The number of nitrogens with two attached hydrogens (primary N) is 1. The van der Waals surface area contributed by atoms with Crippen molar-refractivity contribution < 1.29 is 0 Å². The molecule has 1 aromatic heterocycles. The molecule has 18 heavy (non-hydrogen) atoms. The summed E-state index contributed by atoms with van der Waals surface area (Å²) in [4.78, 5) is 11.7. The molecular formula is C15H16N2O. The molecule has 0 saturated heterocycles. The van der Waals surface area contributed by atoms with E-state index in [-0.39, 0.29) is 5.56 Å². The molecule has 2 aromatic rings. The standard InChI is InChI=1S/C15H16N2O/c16-9-11-17-10-8-14(12-15(17)18)7-6-13-4-2-1-3-5-13/h1-8,10,12H,9,11,16H2/b7-6+. The van der Waals surface area contributed by atoms with E-state index in [0.717, 1.165) is 11.1 Å². The maximum absolute atomic E-state index is 11.7. The van der Waals surface area contributed by atoms with E-state index in [2.05, 4.69) is 0 Å². The van der Waals surface area contributed by atoms with Gasteiger partial charge in [0.15, 0.2) is 0 Å². The zero-order valence-electron chi connectivity index (χ0n) is 10.1. The topological polar surface area (TPSA) is 48.0 Å². The zero-order chi connectivity index (χ0) is 12.8. The molecular weight excluding hydrogens is 224 g/mol. The van der Waals surface area contributed by atoms with Crippen LogP contribution in [0.5, 0.6) is 0 Å². The first-order chi connectivity index (χ1) is 8.79. The lowest BCUT2D eigenvalue weighted by Gasteiger charge is -2.02. The number of benzene rings is 1. The Morgan fingerprint density at radius 3 is 2.44 bits per heavy atom. The van der Waals surface area contributed by atoms with Gasteiger partial charge in [0.2, 0.25) is 0 Å². The fourth-order valence-corrected chi connectivity index (χ4v) is 1.71. The molecule has 0 atom stereocenters. The molecule has 0 saturated carbocycles. The highest BCUT2D eigenvalue weighted by molar-refractivity contribution is 5.69. The maximum Gasteiger partial charge on any atom is 0.251 e. The first-order valence-electron chi connectivity index (χ1n) is 5.93. The Hall–Kier alpha value is -2.13. The summed E-state index contributed by atoms with van der Waals surface area (Å²) < 4.78 is 1.61. The van der Waals surface area contributed by atoms with Crippen LogP contribution in [0.1, 0.15) is 11.1 Å². The summed E-state index contributed by atoms with van der Waals surface area (Å²) in [5.41, 5.74) is 7.43. The van der Waals surface area contributed by atoms with Crippen molar-refractivity contribution in [3.63, 3.8) is 0 Å². The molecule has 0 spiro atoms. The van der Waals surface area contributed by atoms with Crippen LogP contribution in [0.2, 0.25) is 0 Å². The Morgan fingerprint density at radius 1 is 1.06 bits per heavy atom. The third-order valence-electron chi connectivity index (χ3n) is 2.66. The minimum absolute atomic E-state index is 0.0179. The van der Waals surface area contributed by atoms with Gasteiger partial charge in [-0.3, -0.25) is 4.79 Å². The van der Waals surface area contributed by atoms with Crippen molar-refractivity contribution in [1.29, 1.82) is 0 Å². The summed E-state index contributed by atoms with van der Waals surface area (Å²) in [5, 5.41) is 0. The van der Waals surface area contributed by atoms with Crippen LogP contribution in [0.3, 0.4) is 0 Å². The molecule has 0 radical (unpaired) electrons. The van der Waals surface area contributed by atoms with Crippen molar-refractivity contribution in [2.45, 2.75) is 6.54 Å².